The van der Waals surface area contributed by atoms with E-state index in [0.29, 0.717) is 17.9 Å². The number of carbonyl (C=O) groups is 1. The number of carbonyl (C=O) groups excluding carboxylic acids is 1. The lowest BCUT2D eigenvalue weighted by Gasteiger charge is -2.25. The molecule has 110 valence electrons. The number of hydrogen-bond donors (Lipinski definition) is 0. The van der Waals surface area contributed by atoms with Crippen LogP contribution in [0.1, 0.15) is 16.1 Å². The van der Waals surface area contributed by atoms with Crippen LogP contribution in [0.25, 0.3) is 0 Å². The standard InChI is InChI=1S/C15H16N2O2S2/c18-14(12-4-2-1-3-5-12)10-13-11-20-15(16-13)17-6-8-21(19)9-7-17/h1-5,11H,6-10H2. The molecule has 0 saturated carbocycles. The first-order valence-electron chi connectivity index (χ1n) is 6.85. The topological polar surface area (TPSA) is 50.3 Å². The number of aromatic nitrogens is 1. The SMILES string of the molecule is O=C(Cc1csc(N2CCS(=O)CC2)n1)c1ccccc1. The molecule has 6 heteroatoms. The zero-order chi connectivity index (χ0) is 14.7. The summed E-state index contributed by atoms with van der Waals surface area (Å²) in [4.78, 5) is 18.9. The fourth-order valence-corrected chi connectivity index (χ4v) is 4.17. The fraction of sp³-hybridized carbons (Fsp3) is 0.333. The summed E-state index contributed by atoms with van der Waals surface area (Å²) >= 11 is 1.56. The summed E-state index contributed by atoms with van der Waals surface area (Å²) in [5.41, 5.74) is 1.54. The van der Waals surface area contributed by atoms with E-state index in [4.69, 9.17) is 0 Å². The van der Waals surface area contributed by atoms with E-state index in [2.05, 4.69) is 9.88 Å². The molecule has 0 aliphatic carbocycles. The van der Waals surface area contributed by atoms with E-state index >= 15 is 0 Å². The number of hydrogen-bond acceptors (Lipinski definition) is 5. The smallest absolute Gasteiger partial charge is 0.185 e. The molecule has 0 N–H and O–H groups in total. The van der Waals surface area contributed by atoms with E-state index in [-0.39, 0.29) is 5.78 Å². The minimum absolute atomic E-state index is 0.0900. The highest BCUT2D eigenvalue weighted by Crippen LogP contribution is 2.22. The Hall–Kier alpha value is -1.53. The Morgan fingerprint density at radius 2 is 1.95 bits per heavy atom. The molecule has 2 heterocycles. The van der Waals surface area contributed by atoms with Gasteiger partial charge in [-0.1, -0.05) is 30.3 Å². The van der Waals surface area contributed by atoms with Crippen LogP contribution in [0.15, 0.2) is 35.7 Å². The number of thiazole rings is 1. The van der Waals surface area contributed by atoms with Crippen molar-refractivity contribution in [2.45, 2.75) is 6.42 Å². The molecule has 21 heavy (non-hydrogen) atoms. The lowest BCUT2D eigenvalue weighted by atomic mass is 10.1. The molecule has 1 aliphatic rings. The van der Waals surface area contributed by atoms with Crippen LogP contribution in [-0.4, -0.2) is 39.6 Å². The maximum atomic E-state index is 12.2. The average molecular weight is 320 g/mol. The molecule has 0 atom stereocenters. The molecular formula is C15H16N2O2S2. The Kier molecular flexibility index (Phi) is 4.45. The van der Waals surface area contributed by atoms with Crippen molar-refractivity contribution >= 4 is 33.1 Å². The molecule has 0 bridgehead atoms. The van der Waals surface area contributed by atoms with Crippen molar-refractivity contribution < 1.29 is 9.00 Å². The number of benzene rings is 1. The Morgan fingerprint density at radius 3 is 2.67 bits per heavy atom. The van der Waals surface area contributed by atoms with Crippen LogP contribution in [0.2, 0.25) is 0 Å². The van der Waals surface area contributed by atoms with Crippen molar-refractivity contribution in [3.05, 3.63) is 47.0 Å². The summed E-state index contributed by atoms with van der Waals surface area (Å²) in [7, 11) is -0.681. The zero-order valence-corrected chi connectivity index (χ0v) is 13.2. The quantitative estimate of drug-likeness (QED) is 0.810. The summed E-state index contributed by atoms with van der Waals surface area (Å²) in [5, 5.41) is 2.88. The zero-order valence-electron chi connectivity index (χ0n) is 11.5. The Morgan fingerprint density at radius 1 is 1.24 bits per heavy atom. The van der Waals surface area contributed by atoms with Crippen molar-refractivity contribution in [3.63, 3.8) is 0 Å². The molecule has 2 aromatic rings. The van der Waals surface area contributed by atoms with Crippen LogP contribution in [-0.2, 0) is 17.2 Å². The number of Topliss-reactive ketones (excluding diaryl/α,β-unsaturated/α-hetero) is 1. The monoisotopic (exact) mass is 320 g/mol. The van der Waals surface area contributed by atoms with E-state index in [1.807, 2.05) is 35.7 Å². The largest absolute Gasteiger partial charge is 0.346 e. The van der Waals surface area contributed by atoms with Gasteiger partial charge >= 0.3 is 0 Å². The van der Waals surface area contributed by atoms with E-state index in [9.17, 15) is 9.00 Å². The minimum Gasteiger partial charge on any atom is -0.346 e. The van der Waals surface area contributed by atoms with Gasteiger partial charge in [0.2, 0.25) is 0 Å². The van der Waals surface area contributed by atoms with Crippen LogP contribution in [0.3, 0.4) is 0 Å². The highest BCUT2D eigenvalue weighted by Gasteiger charge is 2.18. The van der Waals surface area contributed by atoms with Crippen LogP contribution in [0, 0.1) is 0 Å². The van der Waals surface area contributed by atoms with Crippen molar-refractivity contribution in [2.75, 3.05) is 29.5 Å². The number of ketones is 1. The van der Waals surface area contributed by atoms with Gasteiger partial charge in [0, 0.05) is 46.3 Å². The molecule has 1 aromatic heterocycles. The lowest BCUT2D eigenvalue weighted by Crippen LogP contribution is -2.37. The van der Waals surface area contributed by atoms with Crippen molar-refractivity contribution in [1.82, 2.24) is 4.98 Å². The summed E-state index contributed by atoms with van der Waals surface area (Å²) in [6.07, 6.45) is 0.334. The third-order valence-corrected chi connectivity index (χ3v) is 5.65. The molecule has 0 radical (unpaired) electrons. The normalized spacial score (nSPS) is 16.1. The van der Waals surface area contributed by atoms with E-state index in [0.717, 1.165) is 29.5 Å². The number of nitrogens with zero attached hydrogens (tertiary/aromatic N) is 2. The first-order valence-corrected chi connectivity index (χ1v) is 9.22. The molecule has 0 amide bonds. The van der Waals surface area contributed by atoms with Crippen LogP contribution >= 0.6 is 11.3 Å². The predicted octanol–water partition coefficient (Wildman–Crippen LogP) is 2.14. The van der Waals surface area contributed by atoms with Crippen molar-refractivity contribution in [1.29, 1.82) is 0 Å². The molecule has 1 aliphatic heterocycles. The molecule has 1 aromatic carbocycles. The minimum atomic E-state index is -0.681. The summed E-state index contributed by atoms with van der Waals surface area (Å²) < 4.78 is 11.4. The molecule has 1 fully saturated rings. The van der Waals surface area contributed by atoms with Crippen molar-refractivity contribution in [2.24, 2.45) is 0 Å². The van der Waals surface area contributed by atoms with Gasteiger partial charge in [-0.25, -0.2) is 4.98 Å². The number of anilines is 1. The lowest BCUT2D eigenvalue weighted by molar-refractivity contribution is 0.0992. The van der Waals surface area contributed by atoms with E-state index in [1.165, 1.54) is 0 Å². The molecule has 4 nitrogen and oxygen atoms in total. The molecule has 3 rings (SSSR count). The second-order valence-corrected chi connectivity index (χ2v) is 7.46. The Bertz CT molecular complexity index is 645. The summed E-state index contributed by atoms with van der Waals surface area (Å²) in [6.45, 7) is 1.57. The average Bonchev–Trinajstić information content (AvgIpc) is 2.97. The van der Waals surface area contributed by atoms with Crippen LogP contribution in [0.5, 0.6) is 0 Å². The first-order chi connectivity index (χ1) is 10.2. The van der Waals surface area contributed by atoms with Crippen molar-refractivity contribution in [3.8, 4) is 0 Å². The molecule has 1 saturated heterocycles. The maximum absolute atomic E-state index is 12.2. The second kappa shape index (κ2) is 6.49. The highest BCUT2D eigenvalue weighted by atomic mass is 32.2. The van der Waals surface area contributed by atoms with Crippen LogP contribution < -0.4 is 4.90 Å². The van der Waals surface area contributed by atoms with Gasteiger partial charge in [-0.15, -0.1) is 11.3 Å². The van der Waals surface area contributed by atoms with Gasteiger partial charge in [0.05, 0.1) is 12.1 Å². The maximum Gasteiger partial charge on any atom is 0.185 e. The van der Waals surface area contributed by atoms with Crippen LogP contribution in [0.4, 0.5) is 5.13 Å². The highest BCUT2D eigenvalue weighted by molar-refractivity contribution is 7.85. The van der Waals surface area contributed by atoms with Gasteiger partial charge < -0.3 is 4.90 Å². The Balaban J connectivity index is 1.65. The van der Waals surface area contributed by atoms with Gasteiger partial charge in [0.1, 0.15) is 0 Å². The fourth-order valence-electron chi connectivity index (χ4n) is 2.24. The third kappa shape index (κ3) is 3.57. The molecule has 0 unspecified atom stereocenters. The predicted molar refractivity (Wildman–Crippen MR) is 86.7 cm³/mol. The third-order valence-electron chi connectivity index (χ3n) is 3.43. The van der Waals surface area contributed by atoms with Gasteiger partial charge in [-0.05, 0) is 0 Å². The first kappa shape index (κ1) is 14.4. The van der Waals surface area contributed by atoms with Gasteiger partial charge in [-0.2, -0.15) is 0 Å². The number of rotatable bonds is 4. The molecule has 0 spiro atoms. The summed E-state index contributed by atoms with van der Waals surface area (Å²) in [6, 6.07) is 9.30. The summed E-state index contributed by atoms with van der Waals surface area (Å²) in [5.74, 6) is 1.50. The van der Waals surface area contributed by atoms with Gasteiger partial charge in [0.15, 0.2) is 10.9 Å². The van der Waals surface area contributed by atoms with E-state index < -0.39 is 10.8 Å². The van der Waals surface area contributed by atoms with Gasteiger partial charge in [0.25, 0.3) is 0 Å². The van der Waals surface area contributed by atoms with Gasteiger partial charge in [-0.3, -0.25) is 9.00 Å². The second-order valence-electron chi connectivity index (χ2n) is 4.92. The van der Waals surface area contributed by atoms with E-state index in [1.54, 1.807) is 11.3 Å². The Labute approximate surface area is 130 Å². The molecular weight excluding hydrogens is 304 g/mol.